The van der Waals surface area contributed by atoms with Gasteiger partial charge >= 0.3 is 11.7 Å². The van der Waals surface area contributed by atoms with Gasteiger partial charge in [0.2, 0.25) is 0 Å². The number of benzene rings is 2. The zero-order valence-corrected chi connectivity index (χ0v) is 25.6. The van der Waals surface area contributed by atoms with Crippen molar-refractivity contribution in [3.63, 3.8) is 0 Å². The van der Waals surface area contributed by atoms with Gasteiger partial charge in [0.05, 0.1) is 18.8 Å². The average Bonchev–Trinajstić information content (AvgIpc) is 3.65. The Kier molecular flexibility index (Phi) is 7.33. The average molecular weight is 583 g/mol. The minimum absolute atomic E-state index is 0.139. The zero-order valence-electron chi connectivity index (χ0n) is 25.6. The van der Waals surface area contributed by atoms with Crippen molar-refractivity contribution in [2.75, 3.05) is 56.7 Å². The largest absolute Gasteiger partial charge is 0.463 e. The molecule has 2 aromatic carbocycles. The van der Waals surface area contributed by atoms with Crippen LogP contribution < -0.4 is 20.2 Å². The SMILES string of the molecule is CCc1cccc2cccc(N3CCc4c(nc(OCC5(CN(C)C)CC5)nc4N4CCC(n5cn[nH]c5=O)CC4)C3)c12. The molecule has 7 rings (SSSR count). The standard InChI is InChI=1S/C33H42N8O2/c1-4-23-7-5-8-24-9-6-10-28(29(23)24)40-18-13-26-27(19-40)35-31(43-21-33(14-15-33)20-38(2)3)36-30(26)39-16-11-25(12-17-39)41-22-34-37-32(41)42/h5-10,22,25H,4,11-21H2,1-3H3,(H,37,42). The molecule has 4 aromatic rings. The van der Waals surface area contributed by atoms with Crippen LogP contribution in [-0.2, 0) is 19.4 Å². The maximum absolute atomic E-state index is 12.2. The van der Waals surface area contributed by atoms with E-state index in [0.717, 1.165) is 69.9 Å². The first-order valence-electron chi connectivity index (χ1n) is 15.7. The summed E-state index contributed by atoms with van der Waals surface area (Å²) in [5.41, 5.74) is 5.00. The van der Waals surface area contributed by atoms with Crippen LogP contribution in [0.5, 0.6) is 6.01 Å². The van der Waals surface area contributed by atoms with Crippen molar-refractivity contribution in [3.05, 3.63) is 70.0 Å². The molecule has 1 aliphatic carbocycles. The van der Waals surface area contributed by atoms with Crippen molar-refractivity contribution in [2.45, 2.75) is 58.0 Å². The van der Waals surface area contributed by atoms with E-state index in [4.69, 9.17) is 14.7 Å². The highest BCUT2D eigenvalue weighted by Crippen LogP contribution is 2.46. The van der Waals surface area contributed by atoms with Crippen molar-refractivity contribution in [2.24, 2.45) is 5.41 Å². The number of fused-ring (bicyclic) bond motifs is 2. The molecule has 0 atom stereocenters. The molecule has 0 spiro atoms. The molecule has 2 aromatic heterocycles. The molecule has 43 heavy (non-hydrogen) atoms. The van der Waals surface area contributed by atoms with E-state index < -0.39 is 0 Å². The van der Waals surface area contributed by atoms with Crippen LogP contribution in [0.2, 0.25) is 0 Å². The van der Waals surface area contributed by atoms with Crippen molar-refractivity contribution in [1.82, 2.24) is 29.6 Å². The predicted molar refractivity (Wildman–Crippen MR) is 169 cm³/mol. The molecular formula is C33H42N8O2. The molecule has 3 aliphatic rings. The van der Waals surface area contributed by atoms with Crippen LogP contribution in [0.25, 0.3) is 10.8 Å². The highest BCUT2D eigenvalue weighted by molar-refractivity contribution is 5.97. The van der Waals surface area contributed by atoms with Gasteiger partial charge in [-0.15, -0.1) is 0 Å². The molecular weight excluding hydrogens is 540 g/mol. The normalized spacial score (nSPS) is 18.3. The van der Waals surface area contributed by atoms with Crippen LogP contribution in [0.3, 0.4) is 0 Å². The quantitative estimate of drug-likeness (QED) is 0.314. The van der Waals surface area contributed by atoms with Gasteiger partial charge in [-0.05, 0) is 69.6 Å². The fourth-order valence-electron chi connectivity index (χ4n) is 7.16. The summed E-state index contributed by atoms with van der Waals surface area (Å²) >= 11 is 0. The number of aryl methyl sites for hydroxylation is 1. The lowest BCUT2D eigenvalue weighted by Crippen LogP contribution is -2.39. The Labute approximate surface area is 252 Å². The Hall–Kier alpha value is -3.92. The Morgan fingerprint density at radius 1 is 1.05 bits per heavy atom. The number of rotatable bonds is 9. The molecule has 1 saturated carbocycles. The van der Waals surface area contributed by atoms with E-state index in [0.29, 0.717) is 12.6 Å². The molecule has 2 aliphatic heterocycles. The number of aromatic nitrogens is 5. The molecule has 1 saturated heterocycles. The van der Waals surface area contributed by atoms with Gasteiger partial charge < -0.3 is 19.4 Å². The molecule has 2 fully saturated rings. The molecule has 10 heteroatoms. The first-order chi connectivity index (χ1) is 20.9. The zero-order chi connectivity index (χ0) is 29.6. The van der Waals surface area contributed by atoms with Gasteiger partial charge in [0, 0.05) is 54.3 Å². The minimum atomic E-state index is -0.139. The van der Waals surface area contributed by atoms with Gasteiger partial charge in [0.25, 0.3) is 0 Å². The van der Waals surface area contributed by atoms with Gasteiger partial charge in [-0.1, -0.05) is 37.3 Å². The second kappa shape index (κ2) is 11.3. The lowest BCUT2D eigenvalue weighted by Gasteiger charge is -2.37. The summed E-state index contributed by atoms with van der Waals surface area (Å²) in [6.45, 7) is 7.16. The predicted octanol–water partition coefficient (Wildman–Crippen LogP) is 4.20. The summed E-state index contributed by atoms with van der Waals surface area (Å²) in [4.78, 5) is 29.4. The van der Waals surface area contributed by atoms with E-state index in [1.165, 1.54) is 40.4 Å². The maximum Gasteiger partial charge on any atom is 0.343 e. The summed E-state index contributed by atoms with van der Waals surface area (Å²) in [5, 5.41) is 9.10. The summed E-state index contributed by atoms with van der Waals surface area (Å²) in [7, 11) is 4.25. The van der Waals surface area contributed by atoms with Crippen LogP contribution in [0.15, 0.2) is 47.5 Å². The Morgan fingerprint density at radius 3 is 2.53 bits per heavy atom. The lowest BCUT2D eigenvalue weighted by atomic mass is 9.97. The molecule has 0 bridgehead atoms. The third-order valence-corrected chi connectivity index (χ3v) is 9.56. The fourth-order valence-corrected chi connectivity index (χ4v) is 7.16. The van der Waals surface area contributed by atoms with Gasteiger partial charge in [0.15, 0.2) is 0 Å². The molecule has 0 amide bonds. The van der Waals surface area contributed by atoms with Gasteiger partial charge in [-0.2, -0.15) is 15.1 Å². The molecule has 0 unspecified atom stereocenters. The Morgan fingerprint density at radius 2 is 1.84 bits per heavy atom. The van der Waals surface area contributed by atoms with Crippen LogP contribution in [-0.4, -0.2) is 76.5 Å². The van der Waals surface area contributed by atoms with E-state index in [1.807, 2.05) is 0 Å². The number of nitrogens with zero attached hydrogens (tertiary/aromatic N) is 7. The molecule has 1 N–H and O–H groups in total. The molecule has 10 nitrogen and oxygen atoms in total. The van der Waals surface area contributed by atoms with E-state index in [1.54, 1.807) is 10.9 Å². The number of ether oxygens (including phenoxy) is 1. The third kappa shape index (κ3) is 5.48. The third-order valence-electron chi connectivity index (χ3n) is 9.56. The van der Waals surface area contributed by atoms with Crippen molar-refractivity contribution >= 4 is 22.3 Å². The second-order valence-electron chi connectivity index (χ2n) is 12.9. The van der Waals surface area contributed by atoms with Crippen molar-refractivity contribution in [1.29, 1.82) is 0 Å². The van der Waals surface area contributed by atoms with Crippen LogP contribution in [0.1, 0.15) is 55.5 Å². The monoisotopic (exact) mass is 582 g/mol. The number of hydrogen-bond donors (Lipinski definition) is 1. The number of anilines is 2. The van der Waals surface area contributed by atoms with Crippen molar-refractivity contribution in [3.8, 4) is 6.01 Å². The van der Waals surface area contributed by atoms with Gasteiger partial charge in [-0.25, -0.2) is 9.89 Å². The van der Waals surface area contributed by atoms with Crippen LogP contribution in [0.4, 0.5) is 11.5 Å². The Bertz CT molecular complexity index is 1660. The van der Waals surface area contributed by atoms with E-state index in [9.17, 15) is 4.79 Å². The van der Waals surface area contributed by atoms with Crippen LogP contribution >= 0.6 is 0 Å². The van der Waals surface area contributed by atoms with Crippen molar-refractivity contribution < 1.29 is 4.74 Å². The number of aromatic amines is 1. The smallest absolute Gasteiger partial charge is 0.343 e. The van der Waals surface area contributed by atoms with Gasteiger partial charge in [0.1, 0.15) is 12.1 Å². The first-order valence-corrected chi connectivity index (χ1v) is 15.7. The number of nitrogens with one attached hydrogen (secondary N) is 1. The number of hydrogen-bond acceptors (Lipinski definition) is 8. The fraction of sp³-hybridized carbons (Fsp3) is 0.515. The summed E-state index contributed by atoms with van der Waals surface area (Å²) < 4.78 is 8.15. The van der Waals surface area contributed by atoms with E-state index >= 15 is 0 Å². The van der Waals surface area contributed by atoms with Gasteiger partial charge in [-0.3, -0.25) is 4.57 Å². The summed E-state index contributed by atoms with van der Waals surface area (Å²) in [6, 6.07) is 13.9. The topological polar surface area (TPSA) is 95.4 Å². The van der Waals surface area contributed by atoms with Crippen LogP contribution in [0, 0.1) is 5.41 Å². The lowest BCUT2D eigenvalue weighted by molar-refractivity contribution is 0.182. The maximum atomic E-state index is 12.2. The molecule has 226 valence electrons. The van der Waals surface area contributed by atoms with E-state index in [2.05, 4.69) is 82.3 Å². The summed E-state index contributed by atoms with van der Waals surface area (Å²) in [5.74, 6) is 1.00. The number of piperidine rings is 1. The number of H-pyrrole nitrogens is 1. The highest BCUT2D eigenvalue weighted by Gasteiger charge is 2.44. The van der Waals surface area contributed by atoms with E-state index in [-0.39, 0.29) is 17.1 Å². The first kappa shape index (κ1) is 27.9. The highest BCUT2D eigenvalue weighted by atomic mass is 16.5. The molecule has 4 heterocycles. The minimum Gasteiger partial charge on any atom is -0.463 e. The molecule has 0 radical (unpaired) electrons. The summed E-state index contributed by atoms with van der Waals surface area (Å²) in [6.07, 6.45) is 7.58. The Balaban J connectivity index is 1.19. The second-order valence-corrected chi connectivity index (χ2v) is 12.9.